The molecule has 3 heterocycles. The van der Waals surface area contributed by atoms with Crippen LogP contribution >= 0.6 is 0 Å². The van der Waals surface area contributed by atoms with Crippen molar-refractivity contribution in [1.82, 2.24) is 19.9 Å². The van der Waals surface area contributed by atoms with Gasteiger partial charge in [0.2, 0.25) is 11.7 Å². The second-order valence-electron chi connectivity index (χ2n) is 9.16. The van der Waals surface area contributed by atoms with Crippen LogP contribution in [0, 0.1) is 5.41 Å². The molecule has 1 unspecified atom stereocenters. The van der Waals surface area contributed by atoms with E-state index < -0.39 is 17.5 Å². The average Bonchev–Trinajstić information content (AvgIpc) is 3.26. The molecule has 1 amide bonds. The number of hydrogen-bond acceptors (Lipinski definition) is 7. The van der Waals surface area contributed by atoms with Gasteiger partial charge in [-0.15, -0.1) is 0 Å². The number of rotatable bonds is 5. The highest BCUT2D eigenvalue weighted by molar-refractivity contribution is 5.83. The van der Waals surface area contributed by atoms with Crippen LogP contribution in [0.1, 0.15) is 37.6 Å². The van der Waals surface area contributed by atoms with Gasteiger partial charge in [0, 0.05) is 31.4 Å². The lowest BCUT2D eigenvalue weighted by molar-refractivity contribution is -0.159. The number of alkyl halides is 3. The zero-order valence-corrected chi connectivity index (χ0v) is 19.5. The molecule has 0 spiro atoms. The number of ether oxygens (including phenoxy) is 2. The number of carbonyl (C=O) groups is 1. The van der Waals surface area contributed by atoms with Gasteiger partial charge in [0.15, 0.2) is 0 Å². The molecule has 11 heteroatoms. The summed E-state index contributed by atoms with van der Waals surface area (Å²) in [5.74, 6) is -0.983. The Hall–Kier alpha value is -2.66. The summed E-state index contributed by atoms with van der Waals surface area (Å²) < 4.78 is 54.1. The number of halogens is 3. The minimum atomic E-state index is -4.71. The smallest absolute Gasteiger partial charge is 0.471 e. The van der Waals surface area contributed by atoms with Crippen molar-refractivity contribution in [3.05, 3.63) is 29.7 Å². The van der Waals surface area contributed by atoms with Crippen LogP contribution < -0.4 is 4.74 Å². The Labute approximate surface area is 196 Å². The fourth-order valence-corrected chi connectivity index (χ4v) is 4.55. The third kappa shape index (κ3) is 4.90. The summed E-state index contributed by atoms with van der Waals surface area (Å²) in [6, 6.07) is 4.77. The summed E-state index contributed by atoms with van der Waals surface area (Å²) >= 11 is 0. The Morgan fingerprint density at radius 3 is 2.68 bits per heavy atom. The molecule has 1 fully saturated rings. The van der Waals surface area contributed by atoms with E-state index in [4.69, 9.17) is 9.47 Å². The van der Waals surface area contributed by atoms with E-state index in [9.17, 15) is 18.0 Å². The molecule has 186 valence electrons. The van der Waals surface area contributed by atoms with Crippen molar-refractivity contribution in [1.29, 1.82) is 0 Å². The number of hydrogen-bond donors (Lipinski definition) is 0. The van der Waals surface area contributed by atoms with Gasteiger partial charge in [0.1, 0.15) is 12.4 Å². The first-order valence-corrected chi connectivity index (χ1v) is 11.3. The SMILES string of the molecule is COCCC1(C(=O)N2Cc3ccc(-c4noc(C(F)(F)F)n4)cc3OCC2C)CCN(C)CC1. The molecule has 8 nitrogen and oxygen atoms in total. The summed E-state index contributed by atoms with van der Waals surface area (Å²) in [6.07, 6.45) is -2.52. The Kier molecular flexibility index (Phi) is 6.86. The molecule has 1 saturated heterocycles. The third-order valence-corrected chi connectivity index (χ3v) is 6.79. The second kappa shape index (κ2) is 9.53. The van der Waals surface area contributed by atoms with Crippen LogP contribution in [0.3, 0.4) is 0 Å². The second-order valence-corrected chi connectivity index (χ2v) is 9.16. The van der Waals surface area contributed by atoms with Crippen LogP contribution in [0.4, 0.5) is 13.2 Å². The Bertz CT molecular complexity index is 1010. The first-order chi connectivity index (χ1) is 16.1. The maximum Gasteiger partial charge on any atom is 0.471 e. The van der Waals surface area contributed by atoms with Crippen LogP contribution in [0.5, 0.6) is 5.75 Å². The summed E-state index contributed by atoms with van der Waals surface area (Å²) in [5, 5.41) is 3.45. The van der Waals surface area contributed by atoms with Gasteiger partial charge in [0.05, 0.1) is 11.5 Å². The van der Waals surface area contributed by atoms with E-state index in [0.717, 1.165) is 31.5 Å². The minimum Gasteiger partial charge on any atom is -0.491 e. The number of nitrogens with zero attached hydrogens (tertiary/aromatic N) is 4. The predicted octanol–water partition coefficient (Wildman–Crippen LogP) is 3.61. The minimum absolute atomic E-state index is 0.0960. The van der Waals surface area contributed by atoms with Crippen molar-refractivity contribution in [2.75, 3.05) is 40.5 Å². The number of piperidine rings is 1. The van der Waals surface area contributed by atoms with Crippen molar-refractivity contribution in [2.45, 2.75) is 44.9 Å². The normalized spacial score (nSPS) is 21.0. The molecule has 1 aromatic carbocycles. The number of benzene rings is 1. The number of fused-ring (bicyclic) bond motifs is 1. The molecule has 2 aliphatic heterocycles. The molecule has 1 aromatic heterocycles. The number of methoxy groups -OCH3 is 1. The van der Waals surface area contributed by atoms with Crippen molar-refractivity contribution in [3.8, 4) is 17.1 Å². The highest BCUT2D eigenvalue weighted by atomic mass is 19.4. The zero-order chi connectivity index (χ0) is 24.5. The van der Waals surface area contributed by atoms with Gasteiger partial charge in [-0.3, -0.25) is 4.79 Å². The Morgan fingerprint density at radius 1 is 1.29 bits per heavy atom. The molecular weight excluding hydrogens is 453 g/mol. The van der Waals surface area contributed by atoms with Crippen LogP contribution in [0.15, 0.2) is 22.7 Å². The first-order valence-electron chi connectivity index (χ1n) is 11.3. The number of carbonyl (C=O) groups excluding carboxylic acids is 1. The average molecular weight is 483 g/mol. The first kappa shape index (κ1) is 24.5. The number of aromatic nitrogens is 2. The maximum absolute atomic E-state index is 13.9. The van der Waals surface area contributed by atoms with E-state index >= 15 is 0 Å². The van der Waals surface area contributed by atoms with Crippen LogP contribution in [-0.2, 0) is 22.3 Å². The lowest BCUT2D eigenvalue weighted by atomic mass is 9.74. The van der Waals surface area contributed by atoms with Crippen LogP contribution in [0.25, 0.3) is 11.4 Å². The molecule has 0 radical (unpaired) electrons. The highest BCUT2D eigenvalue weighted by Gasteiger charge is 2.44. The molecule has 4 rings (SSSR count). The standard InChI is InChI=1S/C23H29F3N4O4/c1-15-14-33-18-12-16(19-27-20(34-28-19)23(24,25)26)4-5-17(18)13-30(15)21(31)22(8-11-32-3)6-9-29(2)10-7-22/h4-5,12,15H,6-11,13-14H2,1-3H3. The summed E-state index contributed by atoms with van der Waals surface area (Å²) in [6.45, 7) is 4.76. The molecular formula is C23H29F3N4O4. The van der Waals surface area contributed by atoms with Crippen molar-refractivity contribution in [2.24, 2.45) is 5.41 Å². The van der Waals surface area contributed by atoms with Crippen molar-refractivity contribution < 1.29 is 32.0 Å². The largest absolute Gasteiger partial charge is 0.491 e. The fourth-order valence-electron chi connectivity index (χ4n) is 4.55. The summed E-state index contributed by atoms with van der Waals surface area (Å²) in [7, 11) is 3.70. The summed E-state index contributed by atoms with van der Waals surface area (Å²) in [4.78, 5) is 21.4. The molecule has 1 atom stereocenters. The zero-order valence-electron chi connectivity index (χ0n) is 19.5. The van der Waals surface area contributed by atoms with E-state index in [1.54, 1.807) is 25.3 Å². The van der Waals surface area contributed by atoms with Gasteiger partial charge < -0.3 is 23.8 Å². The lowest BCUT2D eigenvalue weighted by Gasteiger charge is -2.43. The van der Waals surface area contributed by atoms with E-state index in [1.807, 2.05) is 11.8 Å². The third-order valence-electron chi connectivity index (χ3n) is 6.79. The molecule has 2 aromatic rings. The van der Waals surface area contributed by atoms with Crippen molar-refractivity contribution in [3.63, 3.8) is 0 Å². The summed E-state index contributed by atoms with van der Waals surface area (Å²) in [5.41, 5.74) is 0.632. The highest BCUT2D eigenvalue weighted by Crippen LogP contribution is 2.39. The topological polar surface area (TPSA) is 80.9 Å². The van der Waals surface area contributed by atoms with E-state index in [2.05, 4.69) is 26.6 Å². The lowest BCUT2D eigenvalue weighted by Crippen LogP contribution is -2.52. The Balaban J connectivity index is 1.58. The number of amides is 1. The van der Waals surface area contributed by atoms with Gasteiger partial charge >= 0.3 is 12.1 Å². The molecule has 0 N–H and O–H groups in total. The van der Waals surface area contributed by atoms with Gasteiger partial charge in [-0.05, 0) is 52.4 Å². The molecule has 0 saturated carbocycles. The molecule has 2 aliphatic rings. The van der Waals surface area contributed by atoms with E-state index in [0.29, 0.717) is 30.9 Å². The predicted molar refractivity (Wildman–Crippen MR) is 116 cm³/mol. The van der Waals surface area contributed by atoms with Crippen LogP contribution in [-0.4, -0.2) is 72.4 Å². The monoisotopic (exact) mass is 482 g/mol. The van der Waals surface area contributed by atoms with Gasteiger partial charge in [-0.25, -0.2) is 0 Å². The number of likely N-dealkylation sites (tertiary alicyclic amines) is 1. The van der Waals surface area contributed by atoms with Gasteiger partial charge in [0.25, 0.3) is 0 Å². The molecule has 34 heavy (non-hydrogen) atoms. The van der Waals surface area contributed by atoms with Crippen molar-refractivity contribution >= 4 is 5.91 Å². The Morgan fingerprint density at radius 2 is 2.03 bits per heavy atom. The molecule has 0 aliphatic carbocycles. The van der Waals surface area contributed by atoms with E-state index in [-0.39, 0.29) is 24.4 Å². The van der Waals surface area contributed by atoms with Crippen LogP contribution in [0.2, 0.25) is 0 Å². The fraction of sp³-hybridized carbons (Fsp3) is 0.609. The molecule has 0 bridgehead atoms. The van der Waals surface area contributed by atoms with Gasteiger partial charge in [-0.1, -0.05) is 17.3 Å². The van der Waals surface area contributed by atoms with E-state index in [1.165, 1.54) is 0 Å². The van der Waals surface area contributed by atoms with Gasteiger partial charge in [-0.2, -0.15) is 18.2 Å². The maximum atomic E-state index is 13.9. The quantitative estimate of drug-likeness (QED) is 0.644.